The summed E-state index contributed by atoms with van der Waals surface area (Å²) in [6, 6.07) is 23.8. The molecule has 0 bridgehead atoms. The fraction of sp³-hybridized carbons (Fsp3) is 0.136. The van der Waals surface area contributed by atoms with E-state index in [4.69, 9.17) is 0 Å². The molecule has 0 saturated carbocycles. The van der Waals surface area contributed by atoms with Crippen molar-refractivity contribution in [1.82, 2.24) is 5.32 Å². The zero-order valence-corrected chi connectivity index (χ0v) is 15.5. The number of non-ortho nitro benzene ring substituents is 1. The van der Waals surface area contributed by atoms with Crippen LogP contribution in [0.15, 0.2) is 78.9 Å². The van der Waals surface area contributed by atoms with E-state index in [9.17, 15) is 14.9 Å². The minimum absolute atomic E-state index is 0.0624. The van der Waals surface area contributed by atoms with E-state index < -0.39 is 4.92 Å². The van der Waals surface area contributed by atoms with E-state index in [0.717, 1.165) is 11.1 Å². The highest BCUT2D eigenvalue weighted by atomic mass is 16.6. The molecule has 1 atom stereocenters. The Morgan fingerprint density at radius 3 is 2.32 bits per heavy atom. The average Bonchev–Trinajstić information content (AvgIpc) is 2.70. The van der Waals surface area contributed by atoms with E-state index in [1.165, 1.54) is 17.7 Å². The molecule has 0 aliphatic carbocycles. The van der Waals surface area contributed by atoms with E-state index in [1.54, 1.807) is 12.1 Å². The molecule has 0 fully saturated rings. The van der Waals surface area contributed by atoms with E-state index in [1.807, 2.05) is 61.5 Å². The zero-order chi connectivity index (χ0) is 19.9. The van der Waals surface area contributed by atoms with Crippen LogP contribution in [-0.2, 0) is 4.79 Å². The molecular weight excluding hydrogens is 354 g/mol. The molecule has 0 spiro atoms. The molecule has 1 amide bonds. The number of hydrogen-bond acceptors (Lipinski definition) is 4. The summed E-state index contributed by atoms with van der Waals surface area (Å²) in [5.74, 6) is -0.270. The van der Waals surface area contributed by atoms with Crippen LogP contribution in [0.5, 0.6) is 0 Å². The second kappa shape index (κ2) is 8.92. The molecular formula is C22H21N3O3. The predicted molar refractivity (Wildman–Crippen MR) is 109 cm³/mol. The molecule has 6 nitrogen and oxygen atoms in total. The molecule has 0 aromatic heterocycles. The third kappa shape index (κ3) is 5.02. The van der Waals surface area contributed by atoms with Crippen molar-refractivity contribution in [2.75, 3.05) is 11.9 Å². The van der Waals surface area contributed by atoms with Gasteiger partial charge >= 0.3 is 0 Å². The molecule has 3 rings (SSSR count). The number of nitro groups is 1. The van der Waals surface area contributed by atoms with Gasteiger partial charge in [0.1, 0.15) is 0 Å². The summed E-state index contributed by atoms with van der Waals surface area (Å²) < 4.78 is 0. The monoisotopic (exact) mass is 375 g/mol. The van der Waals surface area contributed by atoms with Gasteiger partial charge in [0.05, 0.1) is 17.5 Å². The number of rotatable bonds is 7. The van der Waals surface area contributed by atoms with Crippen molar-refractivity contribution < 1.29 is 9.72 Å². The lowest BCUT2D eigenvalue weighted by atomic mass is 9.98. The van der Waals surface area contributed by atoms with Crippen molar-refractivity contribution in [2.45, 2.75) is 13.0 Å². The molecule has 142 valence electrons. The average molecular weight is 375 g/mol. The summed E-state index contributed by atoms with van der Waals surface area (Å²) in [6.45, 7) is 2.09. The number of anilines is 1. The van der Waals surface area contributed by atoms with Gasteiger partial charge in [0.15, 0.2) is 0 Å². The van der Waals surface area contributed by atoms with Crippen molar-refractivity contribution in [3.8, 4) is 0 Å². The minimum atomic E-state index is -0.489. The Kier molecular flexibility index (Phi) is 6.14. The second-order valence-electron chi connectivity index (χ2n) is 6.49. The summed E-state index contributed by atoms with van der Waals surface area (Å²) in [4.78, 5) is 22.8. The Bertz CT molecular complexity index is 956. The predicted octanol–water partition coefficient (Wildman–Crippen LogP) is 4.22. The highest BCUT2D eigenvalue weighted by Crippen LogP contribution is 2.22. The van der Waals surface area contributed by atoms with E-state index in [2.05, 4.69) is 10.6 Å². The van der Waals surface area contributed by atoms with E-state index in [-0.39, 0.29) is 24.2 Å². The quantitative estimate of drug-likeness (QED) is 0.478. The molecule has 0 saturated heterocycles. The first kappa shape index (κ1) is 19.3. The summed E-state index contributed by atoms with van der Waals surface area (Å²) in [7, 11) is 0. The van der Waals surface area contributed by atoms with Crippen LogP contribution >= 0.6 is 0 Å². The number of nitro benzene ring substituents is 1. The van der Waals surface area contributed by atoms with Gasteiger partial charge in [0, 0.05) is 17.8 Å². The van der Waals surface area contributed by atoms with Crippen LogP contribution in [0.2, 0.25) is 0 Å². The smallest absolute Gasteiger partial charge is 0.271 e. The minimum Gasteiger partial charge on any atom is -0.325 e. The molecule has 0 aliphatic rings. The molecule has 0 radical (unpaired) electrons. The first-order valence-corrected chi connectivity index (χ1v) is 8.92. The molecule has 0 aliphatic heterocycles. The molecule has 0 heterocycles. The van der Waals surface area contributed by atoms with Gasteiger partial charge in [-0.25, -0.2) is 0 Å². The lowest BCUT2D eigenvalue weighted by Gasteiger charge is -2.20. The van der Waals surface area contributed by atoms with Crippen molar-refractivity contribution in [1.29, 1.82) is 0 Å². The Balaban J connectivity index is 1.71. The normalized spacial score (nSPS) is 11.6. The van der Waals surface area contributed by atoms with Gasteiger partial charge in [0.2, 0.25) is 5.91 Å². The highest BCUT2D eigenvalue weighted by molar-refractivity contribution is 5.92. The first-order chi connectivity index (χ1) is 13.5. The van der Waals surface area contributed by atoms with Crippen LogP contribution in [0.4, 0.5) is 11.4 Å². The van der Waals surface area contributed by atoms with Gasteiger partial charge in [-0.2, -0.15) is 0 Å². The van der Waals surface area contributed by atoms with Crippen LogP contribution < -0.4 is 10.6 Å². The number of aryl methyl sites for hydroxylation is 1. The molecule has 28 heavy (non-hydrogen) atoms. The SMILES string of the molecule is Cc1ccc([C@@H](NCC(=O)Nc2cccc([N+](=O)[O-])c2)c2ccccc2)cc1. The lowest BCUT2D eigenvalue weighted by molar-refractivity contribution is -0.384. The van der Waals surface area contributed by atoms with Crippen molar-refractivity contribution in [2.24, 2.45) is 0 Å². The lowest BCUT2D eigenvalue weighted by Crippen LogP contribution is -2.31. The molecule has 3 aromatic carbocycles. The maximum atomic E-state index is 12.4. The maximum absolute atomic E-state index is 12.4. The van der Waals surface area contributed by atoms with Crippen molar-refractivity contribution in [3.05, 3.63) is 106 Å². The fourth-order valence-electron chi connectivity index (χ4n) is 2.93. The number of carbonyl (C=O) groups is 1. The Hall–Kier alpha value is -3.51. The van der Waals surface area contributed by atoms with E-state index in [0.29, 0.717) is 5.69 Å². The molecule has 0 unspecified atom stereocenters. The molecule has 3 aromatic rings. The first-order valence-electron chi connectivity index (χ1n) is 8.92. The number of carbonyl (C=O) groups excluding carboxylic acids is 1. The maximum Gasteiger partial charge on any atom is 0.271 e. The van der Waals surface area contributed by atoms with Crippen molar-refractivity contribution in [3.63, 3.8) is 0 Å². The molecule has 2 N–H and O–H groups in total. The number of hydrogen-bond donors (Lipinski definition) is 2. The van der Waals surface area contributed by atoms with Crippen LogP contribution in [0.3, 0.4) is 0 Å². The number of benzene rings is 3. The molecule has 6 heteroatoms. The van der Waals surface area contributed by atoms with Crippen LogP contribution in [-0.4, -0.2) is 17.4 Å². The van der Waals surface area contributed by atoms with Gasteiger partial charge in [-0.15, -0.1) is 0 Å². The third-order valence-corrected chi connectivity index (χ3v) is 4.35. The third-order valence-electron chi connectivity index (χ3n) is 4.35. The summed E-state index contributed by atoms with van der Waals surface area (Å²) in [5, 5.41) is 16.9. The van der Waals surface area contributed by atoms with Gasteiger partial charge in [-0.3, -0.25) is 20.2 Å². The summed E-state index contributed by atoms with van der Waals surface area (Å²) >= 11 is 0. The fourth-order valence-corrected chi connectivity index (χ4v) is 2.93. The van der Waals surface area contributed by atoms with E-state index >= 15 is 0 Å². The standard InChI is InChI=1S/C22H21N3O3/c1-16-10-12-18(13-11-16)22(17-6-3-2-4-7-17)23-15-21(26)24-19-8-5-9-20(14-19)25(27)28/h2-14,22-23H,15H2,1H3,(H,24,26)/t22-/m0/s1. The van der Waals surface area contributed by atoms with Gasteiger partial charge < -0.3 is 5.32 Å². The number of amides is 1. The van der Waals surface area contributed by atoms with Crippen molar-refractivity contribution >= 4 is 17.3 Å². The largest absolute Gasteiger partial charge is 0.325 e. The number of nitrogens with zero attached hydrogens (tertiary/aromatic N) is 1. The Morgan fingerprint density at radius 1 is 0.964 bits per heavy atom. The topological polar surface area (TPSA) is 84.3 Å². The van der Waals surface area contributed by atoms with Crippen LogP contribution in [0, 0.1) is 17.0 Å². The van der Waals surface area contributed by atoms with Crippen LogP contribution in [0.1, 0.15) is 22.7 Å². The van der Waals surface area contributed by atoms with Gasteiger partial charge in [0.25, 0.3) is 5.69 Å². The Labute approximate surface area is 163 Å². The van der Waals surface area contributed by atoms with Gasteiger partial charge in [-0.05, 0) is 24.1 Å². The zero-order valence-electron chi connectivity index (χ0n) is 15.5. The van der Waals surface area contributed by atoms with Gasteiger partial charge in [-0.1, -0.05) is 66.2 Å². The summed E-state index contributed by atoms with van der Waals surface area (Å²) in [5.41, 5.74) is 3.61. The summed E-state index contributed by atoms with van der Waals surface area (Å²) in [6.07, 6.45) is 0. The highest BCUT2D eigenvalue weighted by Gasteiger charge is 2.15. The Morgan fingerprint density at radius 2 is 1.64 bits per heavy atom. The number of nitrogens with one attached hydrogen (secondary N) is 2. The van der Waals surface area contributed by atoms with Crippen LogP contribution in [0.25, 0.3) is 0 Å². The second-order valence-corrected chi connectivity index (χ2v) is 6.49.